The summed E-state index contributed by atoms with van der Waals surface area (Å²) in [5.74, 6) is -1.22. The summed E-state index contributed by atoms with van der Waals surface area (Å²) in [6.07, 6.45) is 2.65. The minimum atomic E-state index is -0.942. The SMILES string of the molecule is Cc1ccc(N(CCC(=O)O)C(=O)c2ccoc2)cc1. The Bertz CT molecular complexity index is 587. The third-order valence-corrected chi connectivity index (χ3v) is 2.91. The monoisotopic (exact) mass is 273 g/mol. The van der Waals surface area contributed by atoms with Crippen LogP contribution in [0.25, 0.3) is 0 Å². The number of benzene rings is 1. The van der Waals surface area contributed by atoms with E-state index < -0.39 is 5.97 Å². The Morgan fingerprint density at radius 2 is 1.90 bits per heavy atom. The number of carbonyl (C=O) groups is 2. The Kier molecular flexibility index (Phi) is 4.20. The summed E-state index contributed by atoms with van der Waals surface area (Å²) in [6, 6.07) is 8.92. The predicted octanol–water partition coefficient (Wildman–Crippen LogP) is 2.71. The zero-order valence-electron chi connectivity index (χ0n) is 11.1. The number of carbonyl (C=O) groups excluding carboxylic acids is 1. The Labute approximate surface area is 116 Å². The zero-order chi connectivity index (χ0) is 14.5. The van der Waals surface area contributed by atoms with E-state index in [0.29, 0.717) is 11.3 Å². The largest absolute Gasteiger partial charge is 0.481 e. The molecule has 1 amide bonds. The van der Waals surface area contributed by atoms with Crippen LogP contribution in [0.3, 0.4) is 0 Å². The minimum Gasteiger partial charge on any atom is -0.481 e. The molecule has 1 aromatic heterocycles. The molecule has 0 fully saturated rings. The highest BCUT2D eigenvalue weighted by molar-refractivity contribution is 6.06. The van der Waals surface area contributed by atoms with E-state index in [1.54, 1.807) is 18.2 Å². The number of amides is 1. The highest BCUT2D eigenvalue weighted by Gasteiger charge is 2.19. The van der Waals surface area contributed by atoms with Gasteiger partial charge in [0.25, 0.3) is 5.91 Å². The van der Waals surface area contributed by atoms with Gasteiger partial charge in [0.05, 0.1) is 18.2 Å². The molecule has 0 aliphatic heterocycles. The maximum atomic E-state index is 12.4. The lowest BCUT2D eigenvalue weighted by Gasteiger charge is -2.21. The van der Waals surface area contributed by atoms with Gasteiger partial charge in [-0.05, 0) is 25.1 Å². The third-order valence-electron chi connectivity index (χ3n) is 2.91. The first-order chi connectivity index (χ1) is 9.58. The number of aliphatic carboxylic acids is 1. The van der Waals surface area contributed by atoms with Crippen LogP contribution in [-0.4, -0.2) is 23.5 Å². The predicted molar refractivity (Wildman–Crippen MR) is 73.8 cm³/mol. The quantitative estimate of drug-likeness (QED) is 0.909. The van der Waals surface area contributed by atoms with E-state index in [0.717, 1.165) is 5.56 Å². The van der Waals surface area contributed by atoms with Crippen molar-refractivity contribution in [3.05, 3.63) is 54.0 Å². The van der Waals surface area contributed by atoms with Gasteiger partial charge in [-0.3, -0.25) is 9.59 Å². The van der Waals surface area contributed by atoms with Crippen molar-refractivity contribution in [2.45, 2.75) is 13.3 Å². The standard InChI is InChI=1S/C15H15NO4/c1-11-2-4-13(5-3-11)16(8-6-14(17)18)15(19)12-7-9-20-10-12/h2-5,7,9-10H,6,8H2,1H3,(H,17,18). The Morgan fingerprint density at radius 3 is 2.45 bits per heavy atom. The Morgan fingerprint density at radius 1 is 1.20 bits per heavy atom. The van der Waals surface area contributed by atoms with Gasteiger partial charge in [0.2, 0.25) is 0 Å². The first kappa shape index (κ1) is 13.9. The molecule has 0 bridgehead atoms. The second-order valence-electron chi connectivity index (χ2n) is 4.45. The van der Waals surface area contributed by atoms with Crippen LogP contribution in [0.2, 0.25) is 0 Å². The smallest absolute Gasteiger partial charge is 0.305 e. The molecule has 0 unspecified atom stereocenters. The topological polar surface area (TPSA) is 70.8 Å². The Hall–Kier alpha value is -2.56. The molecule has 0 aliphatic rings. The first-order valence-corrected chi connectivity index (χ1v) is 6.20. The van der Waals surface area contributed by atoms with Crippen LogP contribution in [0.4, 0.5) is 5.69 Å². The van der Waals surface area contributed by atoms with Crippen LogP contribution in [0, 0.1) is 6.92 Å². The van der Waals surface area contributed by atoms with Crippen molar-refractivity contribution in [1.82, 2.24) is 0 Å². The van der Waals surface area contributed by atoms with Crippen LogP contribution >= 0.6 is 0 Å². The highest BCUT2D eigenvalue weighted by Crippen LogP contribution is 2.18. The molecule has 5 nitrogen and oxygen atoms in total. The van der Waals surface area contributed by atoms with Crippen molar-refractivity contribution in [3.63, 3.8) is 0 Å². The molecule has 1 N–H and O–H groups in total. The normalized spacial score (nSPS) is 10.2. The molecule has 0 saturated heterocycles. The molecule has 0 radical (unpaired) electrons. The number of rotatable bonds is 5. The van der Waals surface area contributed by atoms with Crippen molar-refractivity contribution in [2.75, 3.05) is 11.4 Å². The van der Waals surface area contributed by atoms with E-state index in [9.17, 15) is 9.59 Å². The third kappa shape index (κ3) is 3.26. The molecule has 0 aliphatic carbocycles. The summed E-state index contributed by atoms with van der Waals surface area (Å²) in [7, 11) is 0. The number of furan rings is 1. The minimum absolute atomic E-state index is 0.113. The summed E-state index contributed by atoms with van der Waals surface area (Å²) in [5.41, 5.74) is 2.14. The fraction of sp³-hybridized carbons (Fsp3) is 0.200. The summed E-state index contributed by atoms with van der Waals surface area (Å²) < 4.78 is 4.90. The molecule has 1 heterocycles. The van der Waals surface area contributed by atoms with Crippen molar-refractivity contribution in [3.8, 4) is 0 Å². The summed E-state index contributed by atoms with van der Waals surface area (Å²) in [5, 5.41) is 8.81. The molecule has 20 heavy (non-hydrogen) atoms. The van der Waals surface area contributed by atoms with Gasteiger partial charge >= 0.3 is 5.97 Å². The molecule has 0 saturated carbocycles. The number of carboxylic acid groups (broad SMARTS) is 1. The van der Waals surface area contributed by atoms with Crippen LogP contribution in [0.5, 0.6) is 0 Å². The number of carboxylic acids is 1. The summed E-state index contributed by atoms with van der Waals surface area (Å²) in [4.78, 5) is 24.6. The lowest BCUT2D eigenvalue weighted by molar-refractivity contribution is -0.136. The molecule has 1 aromatic carbocycles. The van der Waals surface area contributed by atoms with E-state index in [1.165, 1.54) is 17.4 Å². The van der Waals surface area contributed by atoms with E-state index in [2.05, 4.69) is 0 Å². The van der Waals surface area contributed by atoms with Gasteiger partial charge in [0.15, 0.2) is 0 Å². The summed E-state index contributed by atoms with van der Waals surface area (Å²) in [6.45, 7) is 2.06. The van der Waals surface area contributed by atoms with Gasteiger partial charge in [0.1, 0.15) is 6.26 Å². The second kappa shape index (κ2) is 6.06. The van der Waals surface area contributed by atoms with Gasteiger partial charge in [-0.2, -0.15) is 0 Å². The molecule has 104 valence electrons. The molecular weight excluding hydrogens is 258 g/mol. The number of anilines is 1. The van der Waals surface area contributed by atoms with Crippen LogP contribution in [-0.2, 0) is 4.79 Å². The van der Waals surface area contributed by atoms with Crippen LogP contribution in [0.15, 0.2) is 47.3 Å². The van der Waals surface area contributed by atoms with Gasteiger partial charge < -0.3 is 14.4 Å². The average molecular weight is 273 g/mol. The summed E-state index contributed by atoms with van der Waals surface area (Å²) >= 11 is 0. The van der Waals surface area contributed by atoms with E-state index in [1.807, 2.05) is 19.1 Å². The lowest BCUT2D eigenvalue weighted by atomic mass is 10.2. The average Bonchev–Trinajstić information content (AvgIpc) is 2.94. The fourth-order valence-corrected chi connectivity index (χ4v) is 1.82. The molecular formula is C15H15NO4. The van der Waals surface area contributed by atoms with Crippen molar-refractivity contribution < 1.29 is 19.1 Å². The van der Waals surface area contributed by atoms with Crippen LogP contribution < -0.4 is 4.90 Å². The Balaban J connectivity index is 2.26. The number of hydrogen-bond acceptors (Lipinski definition) is 3. The first-order valence-electron chi connectivity index (χ1n) is 6.20. The van der Waals surface area contributed by atoms with E-state index in [-0.39, 0.29) is 18.9 Å². The molecule has 0 spiro atoms. The molecule has 2 aromatic rings. The van der Waals surface area contributed by atoms with Crippen LogP contribution in [0.1, 0.15) is 22.3 Å². The molecule has 2 rings (SSSR count). The lowest BCUT2D eigenvalue weighted by Crippen LogP contribution is -2.32. The maximum absolute atomic E-state index is 12.4. The van der Waals surface area contributed by atoms with Gasteiger partial charge in [-0.1, -0.05) is 17.7 Å². The van der Waals surface area contributed by atoms with E-state index >= 15 is 0 Å². The highest BCUT2D eigenvalue weighted by atomic mass is 16.4. The number of aryl methyl sites for hydroxylation is 1. The van der Waals surface area contributed by atoms with E-state index in [4.69, 9.17) is 9.52 Å². The van der Waals surface area contributed by atoms with Gasteiger partial charge in [-0.15, -0.1) is 0 Å². The number of nitrogens with zero attached hydrogens (tertiary/aromatic N) is 1. The fourth-order valence-electron chi connectivity index (χ4n) is 1.82. The van der Waals surface area contributed by atoms with Crippen molar-refractivity contribution in [2.24, 2.45) is 0 Å². The van der Waals surface area contributed by atoms with Gasteiger partial charge in [0, 0.05) is 12.2 Å². The van der Waals surface area contributed by atoms with Crippen molar-refractivity contribution >= 4 is 17.6 Å². The molecule has 5 heteroatoms. The maximum Gasteiger partial charge on any atom is 0.305 e. The molecule has 0 atom stereocenters. The van der Waals surface area contributed by atoms with Crippen molar-refractivity contribution in [1.29, 1.82) is 0 Å². The number of hydrogen-bond donors (Lipinski definition) is 1. The van der Waals surface area contributed by atoms with Gasteiger partial charge in [-0.25, -0.2) is 0 Å². The zero-order valence-corrected chi connectivity index (χ0v) is 11.1. The second-order valence-corrected chi connectivity index (χ2v) is 4.45.